The monoisotopic (exact) mass is 176 g/mol. The maximum atomic E-state index is 5.54. The molecule has 0 spiro atoms. The molecule has 2 N–H and O–H groups in total. The van der Waals surface area contributed by atoms with Crippen molar-refractivity contribution in [3.63, 3.8) is 0 Å². The Morgan fingerprint density at radius 3 is 2.38 bits per heavy atom. The zero-order chi connectivity index (χ0) is 9.26. The Kier molecular flexibility index (Phi) is 2.34. The molecule has 1 saturated heterocycles. The molecule has 1 fully saturated rings. The first-order valence-corrected chi connectivity index (χ1v) is 4.77. The molecule has 1 aliphatic heterocycles. The van der Waals surface area contributed by atoms with Crippen molar-refractivity contribution in [1.82, 2.24) is 4.90 Å². The standard InChI is InChI=1S/C11H16N2/c1-13-7-11(8-13)10-4-2-9(6-12)3-5-10/h2-5,11H,6-8,12H2,1H3. The number of nitrogens with two attached hydrogens (primary N) is 1. The fourth-order valence-corrected chi connectivity index (χ4v) is 1.84. The second-order valence-corrected chi connectivity index (χ2v) is 3.86. The summed E-state index contributed by atoms with van der Waals surface area (Å²) in [5.74, 6) is 0.747. The highest BCUT2D eigenvalue weighted by molar-refractivity contribution is 5.27. The molecule has 0 aromatic heterocycles. The van der Waals surface area contributed by atoms with Crippen molar-refractivity contribution in [2.45, 2.75) is 12.5 Å². The van der Waals surface area contributed by atoms with Gasteiger partial charge in [0.1, 0.15) is 0 Å². The molecule has 0 amide bonds. The molecular formula is C11H16N2. The first-order valence-electron chi connectivity index (χ1n) is 4.77. The molecular weight excluding hydrogens is 160 g/mol. The number of likely N-dealkylation sites (tertiary alicyclic amines) is 1. The van der Waals surface area contributed by atoms with Gasteiger partial charge in [-0.1, -0.05) is 24.3 Å². The van der Waals surface area contributed by atoms with Gasteiger partial charge >= 0.3 is 0 Å². The Morgan fingerprint density at radius 2 is 1.92 bits per heavy atom. The third-order valence-electron chi connectivity index (χ3n) is 2.75. The van der Waals surface area contributed by atoms with Gasteiger partial charge < -0.3 is 10.6 Å². The molecule has 0 radical (unpaired) electrons. The van der Waals surface area contributed by atoms with Gasteiger partial charge in [0, 0.05) is 25.6 Å². The molecule has 0 aliphatic carbocycles. The summed E-state index contributed by atoms with van der Waals surface area (Å²) >= 11 is 0. The van der Waals surface area contributed by atoms with E-state index in [0.29, 0.717) is 6.54 Å². The molecule has 2 rings (SSSR count). The number of likely N-dealkylation sites (N-methyl/N-ethyl adjacent to an activating group) is 1. The molecule has 0 saturated carbocycles. The van der Waals surface area contributed by atoms with Crippen LogP contribution in [0.3, 0.4) is 0 Å². The van der Waals surface area contributed by atoms with Gasteiger partial charge in [-0.3, -0.25) is 0 Å². The fraction of sp³-hybridized carbons (Fsp3) is 0.455. The lowest BCUT2D eigenvalue weighted by atomic mass is 9.91. The van der Waals surface area contributed by atoms with Crippen molar-refractivity contribution in [3.05, 3.63) is 35.4 Å². The summed E-state index contributed by atoms with van der Waals surface area (Å²) in [6, 6.07) is 8.68. The maximum Gasteiger partial charge on any atom is 0.0178 e. The predicted octanol–water partition coefficient (Wildman–Crippen LogP) is 1.17. The van der Waals surface area contributed by atoms with E-state index >= 15 is 0 Å². The minimum absolute atomic E-state index is 0.644. The number of nitrogens with zero attached hydrogens (tertiary/aromatic N) is 1. The van der Waals surface area contributed by atoms with Gasteiger partial charge in [0.05, 0.1) is 0 Å². The van der Waals surface area contributed by atoms with Crippen LogP contribution in [0, 0.1) is 0 Å². The van der Waals surface area contributed by atoms with Crippen molar-refractivity contribution in [2.24, 2.45) is 5.73 Å². The summed E-state index contributed by atoms with van der Waals surface area (Å²) in [5, 5.41) is 0. The third-order valence-corrected chi connectivity index (χ3v) is 2.75. The lowest BCUT2D eigenvalue weighted by molar-refractivity contribution is 0.190. The Balaban J connectivity index is 2.06. The molecule has 0 unspecified atom stereocenters. The van der Waals surface area contributed by atoms with Gasteiger partial charge in [-0.25, -0.2) is 0 Å². The second kappa shape index (κ2) is 3.48. The second-order valence-electron chi connectivity index (χ2n) is 3.86. The molecule has 0 bridgehead atoms. The van der Waals surface area contributed by atoms with E-state index < -0.39 is 0 Å². The van der Waals surface area contributed by atoms with E-state index in [0.717, 1.165) is 5.92 Å². The van der Waals surface area contributed by atoms with Crippen molar-refractivity contribution in [2.75, 3.05) is 20.1 Å². The molecule has 1 heterocycles. The molecule has 0 atom stereocenters. The zero-order valence-corrected chi connectivity index (χ0v) is 8.03. The molecule has 1 aromatic rings. The van der Waals surface area contributed by atoms with Crippen molar-refractivity contribution >= 4 is 0 Å². The summed E-state index contributed by atoms with van der Waals surface area (Å²) in [7, 11) is 2.16. The van der Waals surface area contributed by atoms with Crippen LogP contribution in [-0.4, -0.2) is 25.0 Å². The Hall–Kier alpha value is -0.860. The Morgan fingerprint density at radius 1 is 1.31 bits per heavy atom. The lowest BCUT2D eigenvalue weighted by Gasteiger charge is -2.36. The molecule has 2 heteroatoms. The Bertz CT molecular complexity index is 273. The van der Waals surface area contributed by atoms with Crippen LogP contribution in [0.25, 0.3) is 0 Å². The van der Waals surface area contributed by atoms with Crippen molar-refractivity contribution in [3.8, 4) is 0 Å². The zero-order valence-electron chi connectivity index (χ0n) is 8.03. The molecule has 1 aromatic carbocycles. The minimum atomic E-state index is 0.644. The van der Waals surface area contributed by atoms with Crippen LogP contribution < -0.4 is 5.73 Å². The molecule has 1 aliphatic rings. The SMILES string of the molecule is CN1CC(c2ccc(CN)cc2)C1. The van der Waals surface area contributed by atoms with Gasteiger partial charge in [0.2, 0.25) is 0 Å². The van der Waals surface area contributed by atoms with E-state index in [-0.39, 0.29) is 0 Å². The van der Waals surface area contributed by atoms with Crippen LogP contribution in [0.1, 0.15) is 17.0 Å². The van der Waals surface area contributed by atoms with Crippen LogP contribution in [0.4, 0.5) is 0 Å². The average Bonchev–Trinajstić information content (AvgIpc) is 2.13. The number of hydrogen-bond acceptors (Lipinski definition) is 2. The largest absolute Gasteiger partial charge is 0.326 e. The third kappa shape index (κ3) is 1.74. The molecule has 13 heavy (non-hydrogen) atoms. The maximum absolute atomic E-state index is 5.54. The van der Waals surface area contributed by atoms with E-state index in [9.17, 15) is 0 Å². The first-order chi connectivity index (χ1) is 6.29. The summed E-state index contributed by atoms with van der Waals surface area (Å²) in [6.45, 7) is 3.04. The summed E-state index contributed by atoms with van der Waals surface area (Å²) in [4.78, 5) is 2.33. The number of benzene rings is 1. The highest BCUT2D eigenvalue weighted by Crippen LogP contribution is 2.25. The normalized spacial score (nSPS) is 18.6. The smallest absolute Gasteiger partial charge is 0.0178 e. The highest BCUT2D eigenvalue weighted by atomic mass is 15.2. The van der Waals surface area contributed by atoms with Gasteiger partial charge in [0.25, 0.3) is 0 Å². The first kappa shape index (κ1) is 8.73. The van der Waals surface area contributed by atoms with Crippen LogP contribution in [0.2, 0.25) is 0 Å². The lowest BCUT2D eigenvalue weighted by Crippen LogP contribution is -2.41. The molecule has 2 nitrogen and oxygen atoms in total. The topological polar surface area (TPSA) is 29.3 Å². The van der Waals surface area contributed by atoms with E-state index in [2.05, 4.69) is 36.2 Å². The van der Waals surface area contributed by atoms with E-state index in [4.69, 9.17) is 5.73 Å². The number of hydrogen-bond donors (Lipinski definition) is 1. The number of rotatable bonds is 2. The summed E-state index contributed by atoms with van der Waals surface area (Å²) in [5.41, 5.74) is 8.21. The van der Waals surface area contributed by atoms with E-state index in [1.165, 1.54) is 24.2 Å². The van der Waals surface area contributed by atoms with E-state index in [1.54, 1.807) is 0 Å². The van der Waals surface area contributed by atoms with Gasteiger partial charge in [-0.15, -0.1) is 0 Å². The highest BCUT2D eigenvalue weighted by Gasteiger charge is 2.24. The minimum Gasteiger partial charge on any atom is -0.326 e. The van der Waals surface area contributed by atoms with Crippen LogP contribution in [-0.2, 0) is 6.54 Å². The van der Waals surface area contributed by atoms with Gasteiger partial charge in [0.15, 0.2) is 0 Å². The van der Waals surface area contributed by atoms with Crippen LogP contribution in [0.15, 0.2) is 24.3 Å². The summed E-state index contributed by atoms with van der Waals surface area (Å²) < 4.78 is 0. The summed E-state index contributed by atoms with van der Waals surface area (Å²) in [6.07, 6.45) is 0. The van der Waals surface area contributed by atoms with Gasteiger partial charge in [-0.2, -0.15) is 0 Å². The molecule has 70 valence electrons. The van der Waals surface area contributed by atoms with Crippen molar-refractivity contribution in [1.29, 1.82) is 0 Å². The quantitative estimate of drug-likeness (QED) is 0.733. The fourth-order valence-electron chi connectivity index (χ4n) is 1.84. The van der Waals surface area contributed by atoms with Gasteiger partial charge in [-0.05, 0) is 18.2 Å². The van der Waals surface area contributed by atoms with Crippen LogP contribution in [0.5, 0.6) is 0 Å². The van der Waals surface area contributed by atoms with Crippen molar-refractivity contribution < 1.29 is 0 Å². The van der Waals surface area contributed by atoms with Crippen LogP contribution >= 0.6 is 0 Å². The average molecular weight is 176 g/mol. The Labute approximate surface area is 79.4 Å². The van der Waals surface area contributed by atoms with E-state index in [1.807, 2.05) is 0 Å². The predicted molar refractivity (Wildman–Crippen MR) is 54.6 cm³/mol.